The molecule has 2 rings (SSSR count). The van der Waals surface area contributed by atoms with E-state index in [-0.39, 0.29) is 0 Å². The van der Waals surface area contributed by atoms with Gasteiger partial charge in [0, 0.05) is 19.2 Å². The van der Waals surface area contributed by atoms with Crippen molar-refractivity contribution in [2.24, 2.45) is 12.8 Å². The van der Waals surface area contributed by atoms with Crippen molar-refractivity contribution >= 4 is 0 Å². The van der Waals surface area contributed by atoms with Crippen molar-refractivity contribution in [3.05, 3.63) is 35.7 Å². The van der Waals surface area contributed by atoms with Crippen LogP contribution in [0.2, 0.25) is 0 Å². The van der Waals surface area contributed by atoms with Crippen LogP contribution >= 0.6 is 0 Å². The molecule has 0 radical (unpaired) electrons. The lowest BCUT2D eigenvalue weighted by Crippen LogP contribution is -2.01. The average Bonchev–Trinajstić information content (AvgIpc) is 2.67. The van der Waals surface area contributed by atoms with Gasteiger partial charge in [0.2, 0.25) is 0 Å². The summed E-state index contributed by atoms with van der Waals surface area (Å²) in [6, 6.07) is 6.20. The van der Waals surface area contributed by atoms with Gasteiger partial charge in [-0.25, -0.2) is 0 Å². The number of para-hydroxylation sites is 1. The zero-order valence-electron chi connectivity index (χ0n) is 9.34. The first-order valence-corrected chi connectivity index (χ1v) is 5.02. The molecule has 0 aliphatic heterocycles. The van der Waals surface area contributed by atoms with E-state index < -0.39 is 0 Å². The molecule has 2 aromatic rings. The molecule has 1 aromatic carbocycles. The van der Waals surface area contributed by atoms with E-state index in [0.29, 0.717) is 12.6 Å². The molecule has 0 fully saturated rings. The second-order valence-electron chi connectivity index (χ2n) is 3.57. The van der Waals surface area contributed by atoms with Gasteiger partial charge < -0.3 is 10.5 Å². The molecule has 2 N–H and O–H groups in total. The van der Waals surface area contributed by atoms with Gasteiger partial charge >= 0.3 is 6.01 Å². The van der Waals surface area contributed by atoms with Gasteiger partial charge in [0.25, 0.3) is 0 Å². The molecule has 5 heteroatoms. The molecule has 0 spiro atoms. The van der Waals surface area contributed by atoms with Crippen LogP contribution in [0.4, 0.5) is 0 Å². The van der Waals surface area contributed by atoms with Gasteiger partial charge in [-0.05, 0) is 12.5 Å². The van der Waals surface area contributed by atoms with Crippen LogP contribution in [0.25, 0.3) is 0 Å². The summed E-state index contributed by atoms with van der Waals surface area (Å²) in [5, 5.41) is 4.07. The number of aromatic nitrogens is 3. The van der Waals surface area contributed by atoms with E-state index in [9.17, 15) is 0 Å². The zero-order valence-corrected chi connectivity index (χ0v) is 9.34. The van der Waals surface area contributed by atoms with Crippen molar-refractivity contribution < 1.29 is 4.74 Å². The van der Waals surface area contributed by atoms with E-state index in [1.54, 1.807) is 18.1 Å². The molecule has 1 heterocycles. The molecule has 0 aliphatic rings. The minimum absolute atomic E-state index is 0.339. The lowest BCUT2D eigenvalue weighted by atomic mass is 10.1. The average molecular weight is 218 g/mol. The third-order valence-electron chi connectivity index (χ3n) is 2.29. The molecule has 0 saturated heterocycles. The van der Waals surface area contributed by atoms with Crippen molar-refractivity contribution in [2.45, 2.75) is 13.5 Å². The molecule has 0 amide bonds. The molecule has 0 aliphatic carbocycles. The Morgan fingerprint density at radius 3 is 2.88 bits per heavy atom. The lowest BCUT2D eigenvalue weighted by Gasteiger charge is -2.09. The predicted octanol–water partition coefficient (Wildman–Crippen LogP) is 1.37. The first-order valence-electron chi connectivity index (χ1n) is 5.02. The standard InChI is InChI=1S/C11H14N4O/c1-8-4-3-5-9(6-12)10(8)16-11-13-7-15(2)14-11/h3-5,7H,6,12H2,1-2H3. The number of benzene rings is 1. The molecule has 16 heavy (non-hydrogen) atoms. The van der Waals surface area contributed by atoms with Gasteiger partial charge in [-0.15, -0.1) is 5.10 Å². The number of rotatable bonds is 3. The smallest absolute Gasteiger partial charge is 0.340 e. The van der Waals surface area contributed by atoms with Gasteiger partial charge in [0.1, 0.15) is 12.1 Å². The summed E-state index contributed by atoms with van der Waals surface area (Å²) in [4.78, 5) is 4.02. The Kier molecular flexibility index (Phi) is 2.87. The van der Waals surface area contributed by atoms with Crippen LogP contribution in [-0.4, -0.2) is 14.8 Å². The minimum atomic E-state index is 0.339. The third-order valence-corrected chi connectivity index (χ3v) is 2.29. The Morgan fingerprint density at radius 1 is 1.44 bits per heavy atom. The molecule has 0 unspecified atom stereocenters. The molecule has 5 nitrogen and oxygen atoms in total. The van der Waals surface area contributed by atoms with Gasteiger partial charge in [-0.3, -0.25) is 4.68 Å². The van der Waals surface area contributed by atoms with Crippen LogP contribution in [0, 0.1) is 6.92 Å². The summed E-state index contributed by atoms with van der Waals surface area (Å²) in [5.41, 5.74) is 7.63. The van der Waals surface area contributed by atoms with Gasteiger partial charge in [0.05, 0.1) is 0 Å². The highest BCUT2D eigenvalue weighted by molar-refractivity contribution is 5.41. The third kappa shape index (κ3) is 2.04. The summed E-state index contributed by atoms with van der Waals surface area (Å²) in [7, 11) is 1.79. The number of hydrogen-bond donors (Lipinski definition) is 1. The fourth-order valence-electron chi connectivity index (χ4n) is 1.48. The van der Waals surface area contributed by atoms with E-state index in [2.05, 4.69) is 10.1 Å². The highest BCUT2D eigenvalue weighted by atomic mass is 16.5. The quantitative estimate of drug-likeness (QED) is 0.845. The minimum Gasteiger partial charge on any atom is -0.423 e. The number of hydrogen-bond acceptors (Lipinski definition) is 4. The maximum absolute atomic E-state index is 5.65. The molecule has 1 aromatic heterocycles. The van der Waals surface area contributed by atoms with Gasteiger partial charge in [-0.1, -0.05) is 18.2 Å². The van der Waals surface area contributed by atoms with Gasteiger partial charge in [0.15, 0.2) is 0 Å². The van der Waals surface area contributed by atoms with Gasteiger partial charge in [-0.2, -0.15) is 4.98 Å². The molecular formula is C11H14N4O. The Labute approximate surface area is 93.9 Å². The Morgan fingerprint density at radius 2 is 2.25 bits per heavy atom. The highest BCUT2D eigenvalue weighted by Crippen LogP contribution is 2.26. The van der Waals surface area contributed by atoms with Crippen molar-refractivity contribution in [3.8, 4) is 11.8 Å². The molecular weight excluding hydrogens is 204 g/mol. The predicted molar refractivity (Wildman–Crippen MR) is 60.1 cm³/mol. The number of aryl methyl sites for hydroxylation is 2. The summed E-state index contributed by atoms with van der Waals surface area (Å²) in [5.74, 6) is 0.746. The van der Waals surface area contributed by atoms with E-state index in [1.165, 1.54) is 0 Å². The molecule has 84 valence electrons. The summed E-state index contributed by atoms with van der Waals surface area (Å²) < 4.78 is 7.22. The highest BCUT2D eigenvalue weighted by Gasteiger charge is 2.09. The molecule has 0 bridgehead atoms. The van der Waals surface area contributed by atoms with E-state index in [4.69, 9.17) is 10.5 Å². The first-order chi connectivity index (χ1) is 7.70. The Hall–Kier alpha value is -1.88. The van der Waals surface area contributed by atoms with E-state index in [1.807, 2.05) is 25.1 Å². The molecule has 0 atom stereocenters. The van der Waals surface area contributed by atoms with Crippen LogP contribution in [-0.2, 0) is 13.6 Å². The van der Waals surface area contributed by atoms with E-state index >= 15 is 0 Å². The first kappa shape index (κ1) is 10.6. The fourth-order valence-corrected chi connectivity index (χ4v) is 1.48. The number of ether oxygens (including phenoxy) is 1. The lowest BCUT2D eigenvalue weighted by molar-refractivity contribution is 0.431. The van der Waals surface area contributed by atoms with Crippen molar-refractivity contribution in [3.63, 3.8) is 0 Å². The zero-order chi connectivity index (χ0) is 11.5. The Balaban J connectivity index is 2.33. The van der Waals surface area contributed by atoms with Crippen LogP contribution in [0.1, 0.15) is 11.1 Å². The van der Waals surface area contributed by atoms with Crippen molar-refractivity contribution in [1.82, 2.24) is 14.8 Å². The SMILES string of the molecule is Cc1cccc(CN)c1Oc1ncn(C)n1. The monoisotopic (exact) mass is 218 g/mol. The second-order valence-corrected chi connectivity index (χ2v) is 3.57. The summed E-state index contributed by atoms with van der Waals surface area (Å²) in [6.07, 6.45) is 1.59. The van der Waals surface area contributed by atoms with Crippen LogP contribution < -0.4 is 10.5 Å². The number of nitrogens with zero attached hydrogens (tertiary/aromatic N) is 3. The Bertz CT molecular complexity index is 492. The van der Waals surface area contributed by atoms with Crippen LogP contribution in [0.3, 0.4) is 0 Å². The topological polar surface area (TPSA) is 66.0 Å². The second kappa shape index (κ2) is 4.32. The van der Waals surface area contributed by atoms with Crippen molar-refractivity contribution in [2.75, 3.05) is 0 Å². The largest absolute Gasteiger partial charge is 0.423 e. The maximum Gasteiger partial charge on any atom is 0.340 e. The summed E-state index contributed by atoms with van der Waals surface area (Å²) >= 11 is 0. The molecule has 0 saturated carbocycles. The van der Waals surface area contributed by atoms with E-state index in [0.717, 1.165) is 16.9 Å². The number of nitrogens with two attached hydrogens (primary N) is 1. The van der Waals surface area contributed by atoms with Crippen molar-refractivity contribution in [1.29, 1.82) is 0 Å². The summed E-state index contributed by atoms with van der Waals surface area (Å²) in [6.45, 7) is 2.40. The fraction of sp³-hybridized carbons (Fsp3) is 0.273. The maximum atomic E-state index is 5.65. The normalized spacial score (nSPS) is 10.4. The van der Waals surface area contributed by atoms with Crippen LogP contribution in [0.5, 0.6) is 11.8 Å². The van der Waals surface area contributed by atoms with Crippen LogP contribution in [0.15, 0.2) is 24.5 Å².